The van der Waals surface area contributed by atoms with Crippen LogP contribution in [-0.2, 0) is 0 Å². The van der Waals surface area contributed by atoms with E-state index in [9.17, 15) is 8.78 Å². The van der Waals surface area contributed by atoms with Crippen LogP contribution in [0.15, 0.2) is 23.2 Å². The molecule has 0 aromatic heterocycles. The number of isothiocyanates is 1. The summed E-state index contributed by atoms with van der Waals surface area (Å²) in [4.78, 5) is 3.41. The van der Waals surface area contributed by atoms with E-state index in [0.717, 1.165) is 18.2 Å². The number of thiocarbonyl (C=S) groups is 1. The van der Waals surface area contributed by atoms with Crippen molar-refractivity contribution < 1.29 is 8.78 Å². The van der Waals surface area contributed by atoms with E-state index in [1.165, 1.54) is 0 Å². The molecule has 1 nitrogen and oxygen atoms in total. The van der Waals surface area contributed by atoms with Crippen molar-refractivity contribution in [3.05, 3.63) is 29.8 Å². The van der Waals surface area contributed by atoms with Crippen molar-refractivity contribution in [2.75, 3.05) is 0 Å². The van der Waals surface area contributed by atoms with Gasteiger partial charge in [0.25, 0.3) is 0 Å². The third-order valence-electron chi connectivity index (χ3n) is 1.02. The number of hydrogen-bond donors (Lipinski definition) is 0. The molecule has 1 aromatic carbocycles. The van der Waals surface area contributed by atoms with Crippen LogP contribution in [0, 0.1) is 11.6 Å². The molecule has 0 aliphatic rings. The van der Waals surface area contributed by atoms with Gasteiger partial charge in [-0.15, -0.1) is 0 Å². The van der Waals surface area contributed by atoms with Gasteiger partial charge in [-0.2, -0.15) is 4.99 Å². The van der Waals surface area contributed by atoms with Crippen LogP contribution in [0.2, 0.25) is 0 Å². The van der Waals surface area contributed by atoms with Gasteiger partial charge >= 0.3 is 0 Å². The van der Waals surface area contributed by atoms with Crippen molar-refractivity contribution in [3.8, 4) is 0 Å². The second kappa shape index (κ2) is 3.32. The normalized spacial score (nSPS) is 8.91. The lowest BCUT2D eigenvalue weighted by atomic mass is 10.3. The fraction of sp³-hybridized carbons (Fsp3) is 0. The number of rotatable bonds is 1. The summed E-state index contributed by atoms with van der Waals surface area (Å²) in [6.45, 7) is 0. The maximum absolute atomic E-state index is 12.4. The Bertz CT molecular complexity index is 298. The summed E-state index contributed by atoms with van der Waals surface area (Å²) in [7, 11) is 0. The Morgan fingerprint density at radius 1 is 1.18 bits per heavy atom. The lowest BCUT2D eigenvalue weighted by Crippen LogP contribution is -1.76. The Balaban J connectivity index is 3.18. The second-order valence-electron chi connectivity index (χ2n) is 1.83. The number of benzene rings is 1. The summed E-state index contributed by atoms with van der Waals surface area (Å²) in [5.74, 6) is -1.34. The van der Waals surface area contributed by atoms with Crippen molar-refractivity contribution in [3.63, 3.8) is 0 Å². The summed E-state index contributed by atoms with van der Waals surface area (Å²) in [6, 6.07) is 2.91. The van der Waals surface area contributed by atoms with Gasteiger partial charge in [-0.3, -0.25) is 0 Å². The molecule has 56 valence electrons. The lowest BCUT2D eigenvalue weighted by molar-refractivity contribution is 0.584. The molecule has 1 rings (SSSR count). The van der Waals surface area contributed by atoms with Crippen LogP contribution in [0.3, 0.4) is 0 Å². The van der Waals surface area contributed by atoms with Gasteiger partial charge in [0.2, 0.25) is 0 Å². The topological polar surface area (TPSA) is 12.4 Å². The quantitative estimate of drug-likeness (QED) is 0.467. The predicted molar refractivity (Wildman–Crippen MR) is 41.0 cm³/mol. The van der Waals surface area contributed by atoms with E-state index in [-0.39, 0.29) is 5.69 Å². The van der Waals surface area contributed by atoms with Crippen LogP contribution >= 0.6 is 12.2 Å². The summed E-state index contributed by atoms with van der Waals surface area (Å²) < 4.78 is 24.8. The minimum absolute atomic E-state index is 0.137. The Morgan fingerprint density at radius 3 is 2.18 bits per heavy atom. The predicted octanol–water partition coefficient (Wildman–Crippen LogP) is 2.70. The molecular formula is C7H3F2NS. The van der Waals surface area contributed by atoms with E-state index in [2.05, 4.69) is 17.2 Å². The molecule has 0 amide bonds. The van der Waals surface area contributed by atoms with Gasteiger partial charge in [0.05, 0.1) is 10.8 Å². The Labute approximate surface area is 67.4 Å². The van der Waals surface area contributed by atoms with Crippen LogP contribution in [0.5, 0.6) is 0 Å². The largest absolute Gasteiger partial charge is 0.207 e. The molecule has 0 aliphatic heterocycles. The van der Waals surface area contributed by atoms with Gasteiger partial charge in [-0.25, -0.2) is 8.78 Å². The van der Waals surface area contributed by atoms with E-state index >= 15 is 0 Å². The molecule has 0 atom stereocenters. The molecule has 0 fully saturated rings. The Hall–Kier alpha value is -1.12. The van der Waals surface area contributed by atoms with Gasteiger partial charge in [0.15, 0.2) is 0 Å². The fourth-order valence-electron chi connectivity index (χ4n) is 0.657. The summed E-state index contributed by atoms with van der Waals surface area (Å²) in [5, 5.41) is 2.01. The van der Waals surface area contributed by atoms with E-state index in [0.29, 0.717) is 0 Å². The standard InChI is InChI=1S/C7H3F2NS/c8-5-1-6(9)3-7(2-5)10-4-11/h1-3H. The van der Waals surface area contributed by atoms with Crippen molar-refractivity contribution in [1.82, 2.24) is 0 Å². The third-order valence-corrected chi connectivity index (χ3v) is 1.11. The first-order valence-electron chi connectivity index (χ1n) is 2.76. The molecular weight excluding hydrogens is 168 g/mol. The zero-order valence-electron chi connectivity index (χ0n) is 5.34. The van der Waals surface area contributed by atoms with Gasteiger partial charge in [-0.05, 0) is 12.2 Å². The molecule has 0 saturated carbocycles. The summed E-state index contributed by atoms with van der Waals surface area (Å²) in [5.41, 5.74) is 0.137. The highest BCUT2D eigenvalue weighted by Crippen LogP contribution is 2.14. The highest BCUT2D eigenvalue weighted by Gasteiger charge is 1.97. The SMILES string of the molecule is Fc1cc(F)cc(N=C=S)c1. The molecule has 0 bridgehead atoms. The zero-order chi connectivity index (χ0) is 8.27. The monoisotopic (exact) mass is 171 g/mol. The molecule has 0 aliphatic carbocycles. The zero-order valence-corrected chi connectivity index (χ0v) is 6.16. The van der Waals surface area contributed by atoms with Crippen LogP contribution < -0.4 is 0 Å². The smallest absolute Gasteiger partial charge is 0.128 e. The molecule has 0 N–H and O–H groups in total. The maximum atomic E-state index is 12.4. The van der Waals surface area contributed by atoms with Gasteiger partial charge in [-0.1, -0.05) is 0 Å². The minimum atomic E-state index is -0.672. The molecule has 0 saturated heterocycles. The molecule has 4 heteroatoms. The van der Waals surface area contributed by atoms with Crippen LogP contribution in [0.1, 0.15) is 0 Å². The van der Waals surface area contributed by atoms with Gasteiger partial charge in [0, 0.05) is 18.2 Å². The molecule has 0 radical (unpaired) electrons. The maximum Gasteiger partial charge on any atom is 0.128 e. The summed E-state index contributed by atoms with van der Waals surface area (Å²) >= 11 is 4.26. The Morgan fingerprint density at radius 2 is 1.73 bits per heavy atom. The van der Waals surface area contributed by atoms with E-state index in [1.54, 1.807) is 0 Å². The first-order chi connectivity index (χ1) is 5.22. The average molecular weight is 171 g/mol. The van der Waals surface area contributed by atoms with E-state index in [1.807, 2.05) is 5.16 Å². The first kappa shape index (κ1) is 7.98. The number of hydrogen-bond acceptors (Lipinski definition) is 2. The van der Waals surface area contributed by atoms with Crippen LogP contribution in [-0.4, -0.2) is 5.16 Å². The minimum Gasteiger partial charge on any atom is -0.207 e. The van der Waals surface area contributed by atoms with E-state index < -0.39 is 11.6 Å². The molecule has 1 aromatic rings. The summed E-state index contributed by atoms with van der Waals surface area (Å²) in [6.07, 6.45) is 0. The fourth-order valence-corrected chi connectivity index (χ4v) is 0.762. The van der Waals surface area contributed by atoms with Crippen molar-refractivity contribution in [2.45, 2.75) is 0 Å². The molecule has 0 spiro atoms. The number of halogens is 2. The second-order valence-corrected chi connectivity index (χ2v) is 2.01. The van der Waals surface area contributed by atoms with Crippen molar-refractivity contribution in [1.29, 1.82) is 0 Å². The average Bonchev–Trinajstić information content (AvgIpc) is 1.85. The van der Waals surface area contributed by atoms with Crippen LogP contribution in [0.4, 0.5) is 14.5 Å². The third kappa shape index (κ3) is 2.18. The highest BCUT2D eigenvalue weighted by atomic mass is 32.1. The molecule has 0 heterocycles. The van der Waals surface area contributed by atoms with Crippen molar-refractivity contribution >= 4 is 23.1 Å². The number of nitrogens with zero attached hydrogens (tertiary/aromatic N) is 1. The molecule has 0 unspecified atom stereocenters. The number of aliphatic imine (C=N–C) groups is 1. The van der Waals surface area contributed by atoms with Gasteiger partial charge in [0.1, 0.15) is 11.6 Å². The highest BCUT2D eigenvalue weighted by molar-refractivity contribution is 7.78. The lowest BCUT2D eigenvalue weighted by Gasteiger charge is -1.91. The van der Waals surface area contributed by atoms with E-state index in [4.69, 9.17) is 0 Å². The van der Waals surface area contributed by atoms with Crippen molar-refractivity contribution in [2.24, 2.45) is 4.99 Å². The molecule has 11 heavy (non-hydrogen) atoms. The first-order valence-corrected chi connectivity index (χ1v) is 3.17. The van der Waals surface area contributed by atoms with Gasteiger partial charge < -0.3 is 0 Å². The Kier molecular flexibility index (Phi) is 2.41. The van der Waals surface area contributed by atoms with Crippen LogP contribution in [0.25, 0.3) is 0 Å².